The highest BCUT2D eigenvalue weighted by Gasteiger charge is 2.31. The average molecular weight is 275 g/mol. The first kappa shape index (κ1) is 15.8. The van der Waals surface area contributed by atoms with Crippen LogP contribution < -0.4 is 5.32 Å². The Morgan fingerprint density at radius 1 is 1.11 bits per heavy atom. The van der Waals surface area contributed by atoms with Crippen LogP contribution in [0.4, 0.5) is 0 Å². The van der Waals surface area contributed by atoms with Crippen molar-refractivity contribution in [3.8, 4) is 0 Å². The summed E-state index contributed by atoms with van der Waals surface area (Å²) < 4.78 is 0. The molecule has 0 aromatic carbocycles. The molecule has 2 heterocycles. The van der Waals surface area contributed by atoms with Gasteiger partial charge in [-0.2, -0.15) is 0 Å². The second-order valence-corrected chi connectivity index (χ2v) is 5.81. The Labute approximate surface area is 117 Å². The van der Waals surface area contributed by atoms with Crippen molar-refractivity contribution in [2.45, 2.75) is 64.5 Å². The smallest absolute Gasteiger partial charge is 0.223 e. The molecule has 0 spiro atoms. The van der Waals surface area contributed by atoms with Crippen molar-refractivity contribution in [1.29, 1.82) is 0 Å². The Bertz CT molecular complexity index is 257. The minimum atomic E-state index is 0. The van der Waals surface area contributed by atoms with Crippen LogP contribution in [0.2, 0.25) is 0 Å². The van der Waals surface area contributed by atoms with Gasteiger partial charge < -0.3 is 10.2 Å². The predicted molar refractivity (Wildman–Crippen MR) is 77.1 cm³/mol. The van der Waals surface area contributed by atoms with Gasteiger partial charge >= 0.3 is 0 Å². The molecule has 4 heteroatoms. The molecule has 2 unspecified atom stereocenters. The summed E-state index contributed by atoms with van der Waals surface area (Å²) >= 11 is 0. The standard InChI is InChI=1S/C14H26N2O.ClH/c1-11-3-4-12(2)16(11)14(17)6-5-13-7-9-15-10-8-13;/h11-13,15H,3-10H2,1-2H3;1H. The van der Waals surface area contributed by atoms with Gasteiger partial charge in [-0.1, -0.05) is 0 Å². The largest absolute Gasteiger partial charge is 0.337 e. The molecule has 1 amide bonds. The van der Waals surface area contributed by atoms with E-state index in [4.69, 9.17) is 0 Å². The highest BCUT2D eigenvalue weighted by Crippen LogP contribution is 2.26. The summed E-state index contributed by atoms with van der Waals surface area (Å²) in [6.07, 6.45) is 6.72. The molecule has 0 bridgehead atoms. The zero-order valence-electron chi connectivity index (χ0n) is 11.7. The van der Waals surface area contributed by atoms with Crippen LogP contribution in [0.1, 0.15) is 52.4 Å². The number of nitrogens with zero attached hydrogens (tertiary/aromatic N) is 1. The Balaban J connectivity index is 0.00000162. The average Bonchev–Trinajstić information content (AvgIpc) is 2.67. The normalized spacial score (nSPS) is 29.1. The molecular weight excluding hydrogens is 248 g/mol. The number of likely N-dealkylation sites (tertiary alicyclic amines) is 1. The zero-order chi connectivity index (χ0) is 12.3. The third kappa shape index (κ3) is 3.86. The van der Waals surface area contributed by atoms with Crippen LogP contribution in [-0.2, 0) is 4.79 Å². The van der Waals surface area contributed by atoms with E-state index in [-0.39, 0.29) is 12.4 Å². The molecule has 0 aliphatic carbocycles. The summed E-state index contributed by atoms with van der Waals surface area (Å²) in [6, 6.07) is 0.927. The molecular formula is C14H27ClN2O. The first-order valence-corrected chi connectivity index (χ1v) is 7.20. The van der Waals surface area contributed by atoms with Gasteiger partial charge in [0.1, 0.15) is 0 Å². The highest BCUT2D eigenvalue weighted by molar-refractivity contribution is 5.85. The fraction of sp³-hybridized carbons (Fsp3) is 0.929. The monoisotopic (exact) mass is 274 g/mol. The Kier molecular flexibility index (Phi) is 6.44. The first-order chi connectivity index (χ1) is 8.18. The summed E-state index contributed by atoms with van der Waals surface area (Å²) in [7, 11) is 0. The number of carbonyl (C=O) groups is 1. The molecule has 2 fully saturated rings. The number of halogens is 1. The number of hydrogen-bond acceptors (Lipinski definition) is 2. The minimum absolute atomic E-state index is 0. The fourth-order valence-electron chi connectivity index (χ4n) is 3.31. The highest BCUT2D eigenvalue weighted by atomic mass is 35.5. The molecule has 1 N–H and O–H groups in total. The predicted octanol–water partition coefficient (Wildman–Crippen LogP) is 2.59. The topological polar surface area (TPSA) is 32.3 Å². The van der Waals surface area contributed by atoms with Crippen molar-refractivity contribution < 1.29 is 4.79 Å². The van der Waals surface area contributed by atoms with Gasteiger partial charge in [0.2, 0.25) is 5.91 Å². The molecule has 2 aliphatic rings. The second-order valence-electron chi connectivity index (χ2n) is 5.81. The van der Waals surface area contributed by atoms with Crippen molar-refractivity contribution in [2.24, 2.45) is 5.92 Å². The molecule has 2 rings (SSSR count). The van der Waals surface area contributed by atoms with Crippen LogP contribution in [0.25, 0.3) is 0 Å². The zero-order valence-corrected chi connectivity index (χ0v) is 12.5. The molecule has 2 saturated heterocycles. The number of carbonyl (C=O) groups excluding carboxylic acids is 1. The SMILES string of the molecule is CC1CCC(C)N1C(=O)CCC1CCNCC1.Cl. The number of amides is 1. The summed E-state index contributed by atoms with van der Waals surface area (Å²) in [5.41, 5.74) is 0. The van der Waals surface area contributed by atoms with Crippen molar-refractivity contribution in [3.63, 3.8) is 0 Å². The van der Waals surface area contributed by atoms with E-state index in [1.165, 1.54) is 25.7 Å². The summed E-state index contributed by atoms with van der Waals surface area (Å²) in [4.78, 5) is 14.3. The fourth-order valence-corrected chi connectivity index (χ4v) is 3.31. The van der Waals surface area contributed by atoms with Crippen molar-refractivity contribution >= 4 is 18.3 Å². The van der Waals surface area contributed by atoms with Gasteiger partial charge in [-0.15, -0.1) is 12.4 Å². The van der Waals surface area contributed by atoms with Gasteiger partial charge in [-0.05, 0) is 65.0 Å². The molecule has 106 valence electrons. The maximum absolute atomic E-state index is 12.2. The van der Waals surface area contributed by atoms with E-state index < -0.39 is 0 Å². The van der Waals surface area contributed by atoms with Crippen LogP contribution in [0.3, 0.4) is 0 Å². The summed E-state index contributed by atoms with van der Waals surface area (Å²) in [6.45, 7) is 6.64. The van der Waals surface area contributed by atoms with Gasteiger partial charge in [0, 0.05) is 18.5 Å². The molecule has 0 radical (unpaired) electrons. The molecule has 18 heavy (non-hydrogen) atoms. The molecule has 0 saturated carbocycles. The second kappa shape index (κ2) is 7.34. The van der Waals surface area contributed by atoms with Gasteiger partial charge in [-0.3, -0.25) is 4.79 Å². The number of piperidine rings is 1. The Morgan fingerprint density at radius 3 is 2.22 bits per heavy atom. The van der Waals surface area contributed by atoms with Gasteiger partial charge in [0.15, 0.2) is 0 Å². The number of rotatable bonds is 3. The lowest BCUT2D eigenvalue weighted by atomic mass is 9.93. The van der Waals surface area contributed by atoms with Crippen LogP contribution in [-0.4, -0.2) is 36.0 Å². The lowest BCUT2D eigenvalue weighted by molar-refractivity contribution is -0.133. The van der Waals surface area contributed by atoms with E-state index in [1.54, 1.807) is 0 Å². The lowest BCUT2D eigenvalue weighted by Crippen LogP contribution is -2.38. The molecule has 0 aromatic heterocycles. The van der Waals surface area contributed by atoms with E-state index in [1.807, 2.05) is 0 Å². The van der Waals surface area contributed by atoms with Crippen LogP contribution in [0.15, 0.2) is 0 Å². The Hall–Kier alpha value is -0.280. The van der Waals surface area contributed by atoms with Gasteiger partial charge in [0.05, 0.1) is 0 Å². The maximum Gasteiger partial charge on any atom is 0.223 e. The minimum Gasteiger partial charge on any atom is -0.337 e. The lowest BCUT2D eigenvalue weighted by Gasteiger charge is -2.28. The number of nitrogens with one attached hydrogen (secondary N) is 1. The van der Waals surface area contributed by atoms with E-state index in [0.29, 0.717) is 18.0 Å². The van der Waals surface area contributed by atoms with Crippen LogP contribution in [0, 0.1) is 5.92 Å². The van der Waals surface area contributed by atoms with Gasteiger partial charge in [0.25, 0.3) is 0 Å². The quantitative estimate of drug-likeness (QED) is 0.858. The van der Waals surface area contributed by atoms with Crippen LogP contribution in [0.5, 0.6) is 0 Å². The van der Waals surface area contributed by atoms with Crippen molar-refractivity contribution in [3.05, 3.63) is 0 Å². The third-order valence-electron chi connectivity index (χ3n) is 4.47. The summed E-state index contributed by atoms with van der Waals surface area (Å²) in [5, 5.41) is 3.38. The van der Waals surface area contributed by atoms with E-state index >= 15 is 0 Å². The van der Waals surface area contributed by atoms with Gasteiger partial charge in [-0.25, -0.2) is 0 Å². The third-order valence-corrected chi connectivity index (χ3v) is 4.47. The molecule has 0 aromatic rings. The summed E-state index contributed by atoms with van der Waals surface area (Å²) in [5.74, 6) is 1.16. The molecule has 3 nitrogen and oxygen atoms in total. The van der Waals surface area contributed by atoms with Crippen molar-refractivity contribution in [1.82, 2.24) is 10.2 Å². The molecule has 2 atom stereocenters. The van der Waals surface area contributed by atoms with E-state index in [0.717, 1.165) is 31.8 Å². The molecule has 2 aliphatic heterocycles. The van der Waals surface area contributed by atoms with E-state index in [9.17, 15) is 4.79 Å². The maximum atomic E-state index is 12.2. The van der Waals surface area contributed by atoms with E-state index in [2.05, 4.69) is 24.1 Å². The first-order valence-electron chi connectivity index (χ1n) is 7.20. The number of hydrogen-bond donors (Lipinski definition) is 1. The van der Waals surface area contributed by atoms with Crippen molar-refractivity contribution in [2.75, 3.05) is 13.1 Å². The Morgan fingerprint density at radius 2 is 1.67 bits per heavy atom. The van der Waals surface area contributed by atoms with Crippen LogP contribution >= 0.6 is 12.4 Å².